The number of benzene rings is 1. The summed E-state index contributed by atoms with van der Waals surface area (Å²) in [4.78, 5) is 5.51. The van der Waals surface area contributed by atoms with Crippen molar-refractivity contribution in [2.75, 3.05) is 0 Å². The number of hydrogen-bond donors (Lipinski definition) is 0. The molecule has 0 fully saturated rings. The molecule has 3 nitrogen and oxygen atoms in total. The first-order valence-corrected chi connectivity index (χ1v) is 6.86. The number of fused-ring (bicyclic) bond motifs is 1. The van der Waals surface area contributed by atoms with E-state index in [1.807, 2.05) is 40.4 Å². The maximum absolute atomic E-state index is 5.84. The van der Waals surface area contributed by atoms with Crippen LogP contribution in [0.25, 0.3) is 4.96 Å². The molecule has 92 valence electrons. The van der Waals surface area contributed by atoms with Crippen molar-refractivity contribution in [3.05, 3.63) is 53.3 Å². The van der Waals surface area contributed by atoms with Gasteiger partial charge in [0, 0.05) is 17.8 Å². The third-order valence-corrected chi connectivity index (χ3v) is 3.64. The number of ether oxygens (including phenoxy) is 1. The van der Waals surface area contributed by atoms with E-state index in [9.17, 15) is 0 Å². The summed E-state index contributed by atoms with van der Waals surface area (Å²) in [6.45, 7) is 2.65. The van der Waals surface area contributed by atoms with Gasteiger partial charge < -0.3 is 4.74 Å². The van der Waals surface area contributed by atoms with E-state index in [2.05, 4.69) is 18.0 Å². The number of hydrogen-bond acceptors (Lipinski definition) is 3. The van der Waals surface area contributed by atoms with Crippen LogP contribution >= 0.6 is 11.3 Å². The summed E-state index contributed by atoms with van der Waals surface area (Å²) in [5.41, 5.74) is 2.20. The lowest BCUT2D eigenvalue weighted by Gasteiger charge is -2.08. The molecular formula is C14H14N2OS. The van der Waals surface area contributed by atoms with E-state index in [1.54, 1.807) is 11.3 Å². The maximum Gasteiger partial charge on any atom is 0.193 e. The van der Waals surface area contributed by atoms with E-state index in [1.165, 1.54) is 5.56 Å². The van der Waals surface area contributed by atoms with Crippen molar-refractivity contribution in [3.8, 4) is 5.75 Å². The first-order chi connectivity index (χ1) is 8.86. The Labute approximate surface area is 110 Å². The molecule has 3 aromatic rings. The van der Waals surface area contributed by atoms with Crippen LogP contribution in [-0.4, -0.2) is 9.38 Å². The quantitative estimate of drug-likeness (QED) is 0.715. The van der Waals surface area contributed by atoms with E-state index in [4.69, 9.17) is 4.74 Å². The van der Waals surface area contributed by atoms with Gasteiger partial charge in [-0.05, 0) is 18.1 Å². The van der Waals surface area contributed by atoms with Gasteiger partial charge >= 0.3 is 0 Å². The minimum absolute atomic E-state index is 0.519. The van der Waals surface area contributed by atoms with Crippen LogP contribution in [-0.2, 0) is 13.0 Å². The Hall–Kier alpha value is -1.81. The molecule has 4 heteroatoms. The largest absolute Gasteiger partial charge is 0.487 e. The average molecular weight is 258 g/mol. The third-order valence-electron chi connectivity index (χ3n) is 2.87. The smallest absolute Gasteiger partial charge is 0.193 e. The van der Waals surface area contributed by atoms with Crippen LogP contribution in [0.5, 0.6) is 5.75 Å². The zero-order chi connectivity index (χ0) is 12.4. The average Bonchev–Trinajstić information content (AvgIpc) is 2.97. The van der Waals surface area contributed by atoms with Crippen LogP contribution in [0, 0.1) is 0 Å². The second-order valence-electron chi connectivity index (χ2n) is 4.08. The first-order valence-electron chi connectivity index (χ1n) is 5.98. The van der Waals surface area contributed by atoms with Gasteiger partial charge in [0.25, 0.3) is 0 Å². The molecular weight excluding hydrogens is 244 g/mol. The standard InChI is InChI=1S/C14H14N2OS/c1-2-11-5-3-4-6-13(11)17-10-12-9-16-7-8-18-14(16)15-12/h3-9H,2,10H2,1H3. The van der Waals surface area contributed by atoms with Crippen molar-refractivity contribution in [2.24, 2.45) is 0 Å². The van der Waals surface area contributed by atoms with Crippen LogP contribution in [0.1, 0.15) is 18.2 Å². The first kappa shape index (κ1) is 11.3. The number of imidazole rings is 1. The number of aryl methyl sites for hydroxylation is 1. The normalized spacial score (nSPS) is 10.9. The van der Waals surface area contributed by atoms with E-state index >= 15 is 0 Å². The second kappa shape index (κ2) is 4.82. The zero-order valence-electron chi connectivity index (χ0n) is 10.2. The number of thiazole rings is 1. The highest BCUT2D eigenvalue weighted by atomic mass is 32.1. The molecule has 0 atom stereocenters. The predicted octanol–water partition coefficient (Wildman–Crippen LogP) is 3.54. The molecule has 3 rings (SSSR count). The summed E-state index contributed by atoms with van der Waals surface area (Å²) in [5, 5.41) is 2.03. The molecule has 0 aliphatic carbocycles. The summed E-state index contributed by atoms with van der Waals surface area (Å²) < 4.78 is 7.86. The molecule has 0 saturated carbocycles. The molecule has 2 aromatic heterocycles. The van der Waals surface area contributed by atoms with Gasteiger partial charge in [0.15, 0.2) is 4.96 Å². The molecule has 0 saturated heterocycles. The van der Waals surface area contributed by atoms with Gasteiger partial charge in [0.1, 0.15) is 12.4 Å². The molecule has 18 heavy (non-hydrogen) atoms. The van der Waals surface area contributed by atoms with Crippen LogP contribution in [0.15, 0.2) is 42.0 Å². The lowest BCUT2D eigenvalue weighted by molar-refractivity contribution is 0.299. The van der Waals surface area contributed by atoms with Crippen molar-refractivity contribution in [1.29, 1.82) is 0 Å². The molecule has 0 unspecified atom stereocenters. The van der Waals surface area contributed by atoms with Gasteiger partial charge in [0.05, 0.1) is 5.69 Å². The molecule has 2 heterocycles. The highest BCUT2D eigenvalue weighted by molar-refractivity contribution is 7.15. The van der Waals surface area contributed by atoms with Crippen molar-refractivity contribution < 1.29 is 4.74 Å². The highest BCUT2D eigenvalue weighted by Crippen LogP contribution is 2.20. The lowest BCUT2D eigenvalue weighted by atomic mass is 10.1. The van der Waals surface area contributed by atoms with Gasteiger partial charge in [-0.1, -0.05) is 25.1 Å². The minimum Gasteiger partial charge on any atom is -0.487 e. The van der Waals surface area contributed by atoms with Gasteiger partial charge in [-0.2, -0.15) is 0 Å². The number of rotatable bonds is 4. The van der Waals surface area contributed by atoms with Crippen LogP contribution < -0.4 is 4.74 Å². The Morgan fingerprint density at radius 1 is 1.33 bits per heavy atom. The number of nitrogens with zero attached hydrogens (tertiary/aromatic N) is 2. The predicted molar refractivity (Wildman–Crippen MR) is 73.2 cm³/mol. The van der Waals surface area contributed by atoms with Gasteiger partial charge in [-0.15, -0.1) is 11.3 Å². The minimum atomic E-state index is 0.519. The summed E-state index contributed by atoms with van der Waals surface area (Å²) in [6.07, 6.45) is 5.01. The maximum atomic E-state index is 5.84. The molecule has 0 aliphatic rings. The van der Waals surface area contributed by atoms with E-state index in [0.717, 1.165) is 22.8 Å². The SMILES string of the molecule is CCc1ccccc1OCc1cn2ccsc2n1. The van der Waals surface area contributed by atoms with Crippen LogP contribution in [0.3, 0.4) is 0 Å². The van der Waals surface area contributed by atoms with Crippen molar-refractivity contribution in [1.82, 2.24) is 9.38 Å². The van der Waals surface area contributed by atoms with Crippen LogP contribution in [0.2, 0.25) is 0 Å². The van der Waals surface area contributed by atoms with Gasteiger partial charge in [0.2, 0.25) is 0 Å². The number of aromatic nitrogens is 2. The molecule has 0 aliphatic heterocycles. The topological polar surface area (TPSA) is 26.5 Å². The van der Waals surface area contributed by atoms with Crippen molar-refractivity contribution in [3.63, 3.8) is 0 Å². The molecule has 1 aromatic carbocycles. The summed E-state index contributed by atoms with van der Waals surface area (Å²) in [6, 6.07) is 8.15. The zero-order valence-corrected chi connectivity index (χ0v) is 11.0. The molecule has 0 spiro atoms. The Bertz CT molecular complexity index is 628. The molecule has 0 amide bonds. The fraction of sp³-hybridized carbons (Fsp3) is 0.214. The summed E-state index contributed by atoms with van der Waals surface area (Å²) in [5.74, 6) is 0.955. The summed E-state index contributed by atoms with van der Waals surface area (Å²) >= 11 is 1.63. The number of para-hydroxylation sites is 1. The molecule has 0 bridgehead atoms. The lowest BCUT2D eigenvalue weighted by Crippen LogP contribution is -1.98. The Morgan fingerprint density at radius 3 is 3.06 bits per heavy atom. The Kier molecular flexibility index (Phi) is 3.02. The Morgan fingerprint density at radius 2 is 2.22 bits per heavy atom. The monoisotopic (exact) mass is 258 g/mol. The fourth-order valence-corrected chi connectivity index (χ4v) is 2.65. The Balaban J connectivity index is 1.76. The highest BCUT2D eigenvalue weighted by Gasteiger charge is 2.05. The van der Waals surface area contributed by atoms with Crippen molar-refractivity contribution >= 4 is 16.3 Å². The van der Waals surface area contributed by atoms with E-state index < -0.39 is 0 Å². The van der Waals surface area contributed by atoms with Gasteiger partial charge in [-0.3, -0.25) is 4.40 Å². The second-order valence-corrected chi connectivity index (χ2v) is 4.95. The summed E-state index contributed by atoms with van der Waals surface area (Å²) in [7, 11) is 0. The van der Waals surface area contributed by atoms with Crippen molar-refractivity contribution in [2.45, 2.75) is 20.0 Å². The van der Waals surface area contributed by atoms with E-state index in [-0.39, 0.29) is 0 Å². The van der Waals surface area contributed by atoms with Gasteiger partial charge in [-0.25, -0.2) is 4.98 Å². The van der Waals surface area contributed by atoms with Crippen LogP contribution in [0.4, 0.5) is 0 Å². The molecule has 0 radical (unpaired) electrons. The fourth-order valence-electron chi connectivity index (χ4n) is 1.93. The third kappa shape index (κ3) is 2.11. The van der Waals surface area contributed by atoms with E-state index in [0.29, 0.717) is 6.61 Å². The molecule has 0 N–H and O–H groups in total.